The molecule has 0 radical (unpaired) electrons. The second-order valence-corrected chi connectivity index (χ2v) is 6.94. The third kappa shape index (κ3) is 4.33. The van der Waals surface area contributed by atoms with E-state index in [-0.39, 0.29) is 22.2 Å². The van der Waals surface area contributed by atoms with Gasteiger partial charge in [0.2, 0.25) is 5.91 Å². The SMILES string of the molecule is Cc1ccc(Cl)cc1NC(=O)CSc1nccn(-c2ccccc2)c1=O. The van der Waals surface area contributed by atoms with Crippen molar-refractivity contribution in [3.63, 3.8) is 0 Å². The van der Waals surface area contributed by atoms with Gasteiger partial charge >= 0.3 is 0 Å². The number of aromatic nitrogens is 2. The summed E-state index contributed by atoms with van der Waals surface area (Å²) in [7, 11) is 0. The van der Waals surface area contributed by atoms with Crippen molar-refractivity contribution >= 4 is 35.0 Å². The second-order valence-electron chi connectivity index (χ2n) is 5.54. The Balaban J connectivity index is 1.71. The number of thioether (sulfide) groups is 1. The first-order valence-corrected chi connectivity index (χ1v) is 9.23. The molecule has 1 amide bonds. The van der Waals surface area contributed by atoms with E-state index in [1.54, 1.807) is 24.5 Å². The molecule has 0 aliphatic carbocycles. The number of benzene rings is 2. The Hall–Kier alpha value is -2.57. The van der Waals surface area contributed by atoms with Gasteiger partial charge in [0.1, 0.15) is 0 Å². The molecule has 0 unspecified atom stereocenters. The number of rotatable bonds is 5. The number of halogens is 1. The van der Waals surface area contributed by atoms with E-state index in [1.165, 1.54) is 4.57 Å². The second kappa shape index (κ2) is 8.21. The third-order valence-electron chi connectivity index (χ3n) is 3.66. The van der Waals surface area contributed by atoms with Gasteiger partial charge in [0.05, 0.1) is 5.75 Å². The van der Waals surface area contributed by atoms with Crippen molar-refractivity contribution in [3.05, 3.63) is 81.9 Å². The molecule has 3 rings (SSSR count). The number of hydrogen-bond donors (Lipinski definition) is 1. The van der Waals surface area contributed by atoms with Crippen molar-refractivity contribution in [2.75, 3.05) is 11.1 Å². The van der Waals surface area contributed by atoms with Crippen LogP contribution in [0.4, 0.5) is 5.69 Å². The summed E-state index contributed by atoms with van der Waals surface area (Å²) in [5, 5.41) is 3.63. The van der Waals surface area contributed by atoms with E-state index in [0.717, 1.165) is 23.0 Å². The van der Waals surface area contributed by atoms with Gasteiger partial charge in [-0.2, -0.15) is 0 Å². The van der Waals surface area contributed by atoms with Crippen LogP contribution < -0.4 is 10.9 Å². The van der Waals surface area contributed by atoms with E-state index in [2.05, 4.69) is 10.3 Å². The Kier molecular flexibility index (Phi) is 5.75. The van der Waals surface area contributed by atoms with E-state index in [0.29, 0.717) is 10.7 Å². The molecule has 2 aromatic carbocycles. The summed E-state index contributed by atoms with van der Waals surface area (Å²) in [6, 6.07) is 14.6. The van der Waals surface area contributed by atoms with Gasteiger partial charge in [0.15, 0.2) is 5.03 Å². The molecule has 0 bridgehead atoms. The molecule has 1 N–H and O–H groups in total. The van der Waals surface area contributed by atoms with Crippen molar-refractivity contribution in [2.45, 2.75) is 11.9 Å². The maximum absolute atomic E-state index is 12.6. The lowest BCUT2D eigenvalue weighted by Crippen LogP contribution is -2.22. The van der Waals surface area contributed by atoms with Gasteiger partial charge in [-0.15, -0.1) is 0 Å². The number of amides is 1. The van der Waals surface area contributed by atoms with Gasteiger partial charge in [-0.25, -0.2) is 4.98 Å². The van der Waals surface area contributed by atoms with E-state index < -0.39 is 0 Å². The minimum atomic E-state index is -0.254. The standard InChI is InChI=1S/C19H16ClN3O2S/c1-13-7-8-14(20)11-16(13)22-17(24)12-26-18-19(25)23(10-9-21-18)15-5-3-2-4-6-15/h2-11H,12H2,1H3,(H,22,24). The molecule has 26 heavy (non-hydrogen) atoms. The highest BCUT2D eigenvalue weighted by molar-refractivity contribution is 7.99. The van der Waals surface area contributed by atoms with Crippen LogP contribution in [-0.2, 0) is 4.79 Å². The van der Waals surface area contributed by atoms with Crippen molar-refractivity contribution < 1.29 is 4.79 Å². The van der Waals surface area contributed by atoms with Crippen LogP contribution in [0, 0.1) is 6.92 Å². The van der Waals surface area contributed by atoms with Crippen LogP contribution in [0.15, 0.2) is 70.7 Å². The van der Waals surface area contributed by atoms with Gasteiger partial charge < -0.3 is 5.32 Å². The summed E-state index contributed by atoms with van der Waals surface area (Å²) in [5.41, 5.74) is 2.07. The smallest absolute Gasteiger partial charge is 0.287 e. The maximum atomic E-state index is 12.6. The third-order valence-corrected chi connectivity index (χ3v) is 4.85. The van der Waals surface area contributed by atoms with Crippen LogP contribution in [0.1, 0.15) is 5.56 Å². The number of nitrogens with one attached hydrogen (secondary N) is 1. The lowest BCUT2D eigenvalue weighted by molar-refractivity contribution is -0.113. The zero-order valence-corrected chi connectivity index (χ0v) is 15.6. The molecule has 1 heterocycles. The fraction of sp³-hybridized carbons (Fsp3) is 0.105. The quantitative estimate of drug-likeness (QED) is 0.676. The molecule has 0 atom stereocenters. The van der Waals surface area contributed by atoms with Crippen LogP contribution in [0.25, 0.3) is 5.69 Å². The molecule has 0 fully saturated rings. The maximum Gasteiger partial charge on any atom is 0.287 e. The average molecular weight is 386 g/mol. The van der Waals surface area contributed by atoms with Crippen LogP contribution in [0.2, 0.25) is 5.02 Å². The van der Waals surface area contributed by atoms with E-state index in [9.17, 15) is 9.59 Å². The summed E-state index contributed by atoms with van der Waals surface area (Å²) in [5.74, 6) is -0.149. The number of hydrogen-bond acceptors (Lipinski definition) is 4. The van der Waals surface area contributed by atoms with Crippen LogP contribution in [-0.4, -0.2) is 21.2 Å². The lowest BCUT2D eigenvalue weighted by atomic mass is 10.2. The molecule has 1 aromatic heterocycles. The first-order chi connectivity index (χ1) is 12.5. The average Bonchev–Trinajstić information content (AvgIpc) is 2.64. The highest BCUT2D eigenvalue weighted by Gasteiger charge is 2.11. The molecule has 0 aliphatic heterocycles. The summed E-state index contributed by atoms with van der Waals surface area (Å²) in [6.07, 6.45) is 3.16. The summed E-state index contributed by atoms with van der Waals surface area (Å²) >= 11 is 7.06. The highest BCUT2D eigenvalue weighted by atomic mass is 35.5. The van der Waals surface area contributed by atoms with Gasteiger partial charge in [0.25, 0.3) is 5.56 Å². The van der Waals surface area contributed by atoms with Crippen molar-refractivity contribution in [1.82, 2.24) is 9.55 Å². The zero-order valence-electron chi connectivity index (χ0n) is 14.0. The summed E-state index contributed by atoms with van der Waals surface area (Å²) in [6.45, 7) is 1.89. The van der Waals surface area contributed by atoms with Gasteiger partial charge in [0, 0.05) is 28.8 Å². The van der Waals surface area contributed by atoms with Crippen molar-refractivity contribution in [3.8, 4) is 5.69 Å². The monoisotopic (exact) mass is 385 g/mol. The zero-order chi connectivity index (χ0) is 18.5. The Morgan fingerprint density at radius 3 is 2.77 bits per heavy atom. The molecule has 0 spiro atoms. The molecular formula is C19H16ClN3O2S. The Labute approximate surface area is 160 Å². The van der Waals surface area contributed by atoms with Crippen molar-refractivity contribution in [2.24, 2.45) is 0 Å². The van der Waals surface area contributed by atoms with Crippen LogP contribution >= 0.6 is 23.4 Å². The molecule has 5 nitrogen and oxygen atoms in total. The molecule has 0 saturated carbocycles. The topological polar surface area (TPSA) is 64.0 Å². The van der Waals surface area contributed by atoms with Crippen LogP contribution in [0.3, 0.4) is 0 Å². The Morgan fingerprint density at radius 2 is 2.00 bits per heavy atom. The predicted octanol–water partition coefficient (Wildman–Crippen LogP) is 3.93. The van der Waals surface area contributed by atoms with Gasteiger partial charge in [-0.3, -0.25) is 14.2 Å². The number of anilines is 1. The molecule has 0 aliphatic rings. The number of carbonyl (C=O) groups excluding carboxylic acids is 1. The molecule has 0 saturated heterocycles. The van der Waals surface area contributed by atoms with E-state index >= 15 is 0 Å². The number of aryl methyl sites for hydroxylation is 1. The summed E-state index contributed by atoms with van der Waals surface area (Å²) in [4.78, 5) is 28.9. The first kappa shape index (κ1) is 18.2. The normalized spacial score (nSPS) is 10.5. The minimum Gasteiger partial charge on any atom is -0.325 e. The molecule has 132 valence electrons. The van der Waals surface area contributed by atoms with Gasteiger partial charge in [-0.05, 0) is 36.8 Å². The van der Waals surface area contributed by atoms with Crippen LogP contribution in [0.5, 0.6) is 0 Å². The van der Waals surface area contributed by atoms with Gasteiger partial charge in [-0.1, -0.05) is 47.6 Å². The molecule has 3 aromatic rings. The van der Waals surface area contributed by atoms with Crippen molar-refractivity contribution in [1.29, 1.82) is 0 Å². The summed E-state index contributed by atoms with van der Waals surface area (Å²) < 4.78 is 1.51. The number of nitrogens with zero attached hydrogens (tertiary/aromatic N) is 2. The fourth-order valence-electron chi connectivity index (χ4n) is 2.33. The van der Waals surface area contributed by atoms with E-state index in [1.807, 2.05) is 43.3 Å². The molecular weight excluding hydrogens is 370 g/mol. The molecule has 7 heteroatoms. The largest absolute Gasteiger partial charge is 0.325 e. The first-order valence-electron chi connectivity index (χ1n) is 7.86. The van der Waals surface area contributed by atoms with E-state index in [4.69, 9.17) is 11.6 Å². The minimum absolute atomic E-state index is 0.0764. The number of carbonyl (C=O) groups is 1. The Morgan fingerprint density at radius 1 is 1.23 bits per heavy atom. The predicted molar refractivity (Wildman–Crippen MR) is 105 cm³/mol. The lowest BCUT2D eigenvalue weighted by Gasteiger charge is -2.09. The number of para-hydroxylation sites is 1. The highest BCUT2D eigenvalue weighted by Crippen LogP contribution is 2.21. The Bertz CT molecular complexity index is 990. The fourth-order valence-corrected chi connectivity index (χ4v) is 3.20.